The van der Waals surface area contributed by atoms with Crippen molar-refractivity contribution >= 4 is 11.6 Å². The first kappa shape index (κ1) is 11.2. The number of aliphatic hydroxyl groups excluding tert-OH is 1. The van der Waals surface area contributed by atoms with Crippen molar-refractivity contribution in [1.82, 2.24) is 0 Å². The van der Waals surface area contributed by atoms with Gasteiger partial charge in [0.25, 0.3) is 0 Å². The van der Waals surface area contributed by atoms with E-state index in [1.165, 1.54) is 19.3 Å². The first-order valence-corrected chi connectivity index (χ1v) is 5.01. The second kappa shape index (κ2) is 8.35. The van der Waals surface area contributed by atoms with Gasteiger partial charge in [0.15, 0.2) is 0 Å². The molecule has 0 amide bonds. The molecule has 0 unspecified atom stereocenters. The van der Waals surface area contributed by atoms with Crippen LogP contribution in [-0.2, 0) is 0 Å². The molecule has 68 valence electrons. The van der Waals surface area contributed by atoms with Crippen LogP contribution in [0.25, 0.3) is 0 Å². The molecule has 0 aliphatic rings. The van der Waals surface area contributed by atoms with Crippen LogP contribution in [-0.4, -0.2) is 17.6 Å². The average molecular weight is 179 g/mol. The predicted molar refractivity (Wildman–Crippen MR) is 50.1 cm³/mol. The second-order valence-electron chi connectivity index (χ2n) is 3.18. The number of unbranched alkanes of at least 4 members (excludes halogenated alkanes) is 3. The molecule has 1 nitrogen and oxygen atoms in total. The van der Waals surface area contributed by atoms with Gasteiger partial charge < -0.3 is 5.11 Å². The standard InChI is InChI=1S/C9H19ClO/c1-9(8-11)6-4-2-3-5-7-10/h9,11H,2-8H2,1H3/t9-/m0/s1. The van der Waals surface area contributed by atoms with Crippen LogP contribution in [0.2, 0.25) is 0 Å². The lowest BCUT2D eigenvalue weighted by molar-refractivity contribution is 0.227. The van der Waals surface area contributed by atoms with Gasteiger partial charge in [-0.15, -0.1) is 11.6 Å². The van der Waals surface area contributed by atoms with Gasteiger partial charge in [-0.25, -0.2) is 0 Å². The number of aliphatic hydroxyl groups is 1. The van der Waals surface area contributed by atoms with E-state index in [1.807, 2.05) is 0 Å². The summed E-state index contributed by atoms with van der Waals surface area (Å²) in [6.07, 6.45) is 6.02. The van der Waals surface area contributed by atoms with E-state index in [4.69, 9.17) is 16.7 Å². The molecule has 0 aromatic carbocycles. The molecule has 1 atom stereocenters. The lowest BCUT2D eigenvalue weighted by Gasteiger charge is -2.05. The molecular formula is C9H19ClO. The summed E-state index contributed by atoms with van der Waals surface area (Å²) in [5.74, 6) is 1.27. The summed E-state index contributed by atoms with van der Waals surface area (Å²) < 4.78 is 0. The smallest absolute Gasteiger partial charge is 0.0456 e. The molecule has 0 radical (unpaired) electrons. The van der Waals surface area contributed by atoms with Crippen LogP contribution in [0.5, 0.6) is 0 Å². The highest BCUT2D eigenvalue weighted by atomic mass is 35.5. The summed E-state index contributed by atoms with van der Waals surface area (Å²) in [6, 6.07) is 0. The quantitative estimate of drug-likeness (QED) is 0.470. The molecule has 0 saturated carbocycles. The Labute approximate surface area is 74.8 Å². The lowest BCUT2D eigenvalue weighted by Crippen LogP contribution is -1.99. The van der Waals surface area contributed by atoms with Gasteiger partial charge >= 0.3 is 0 Å². The normalized spacial score (nSPS) is 13.4. The fourth-order valence-electron chi connectivity index (χ4n) is 1.03. The monoisotopic (exact) mass is 178 g/mol. The van der Waals surface area contributed by atoms with E-state index in [1.54, 1.807) is 0 Å². The molecule has 0 fully saturated rings. The predicted octanol–water partition coefficient (Wildman–Crippen LogP) is 2.80. The summed E-state index contributed by atoms with van der Waals surface area (Å²) in [5.41, 5.74) is 0. The molecule has 0 bridgehead atoms. The third kappa shape index (κ3) is 8.15. The summed E-state index contributed by atoms with van der Waals surface area (Å²) in [4.78, 5) is 0. The molecule has 0 aliphatic heterocycles. The maximum atomic E-state index is 8.72. The average Bonchev–Trinajstić information content (AvgIpc) is 2.04. The van der Waals surface area contributed by atoms with E-state index in [-0.39, 0.29) is 0 Å². The van der Waals surface area contributed by atoms with Crippen molar-refractivity contribution in [3.8, 4) is 0 Å². The molecule has 0 saturated heterocycles. The van der Waals surface area contributed by atoms with E-state index < -0.39 is 0 Å². The molecule has 1 N–H and O–H groups in total. The lowest BCUT2D eigenvalue weighted by atomic mass is 10.0. The minimum Gasteiger partial charge on any atom is -0.396 e. The molecule has 0 spiro atoms. The molecule has 2 heteroatoms. The van der Waals surface area contributed by atoms with Crippen molar-refractivity contribution in [2.45, 2.75) is 39.0 Å². The van der Waals surface area contributed by atoms with E-state index in [0.717, 1.165) is 18.7 Å². The van der Waals surface area contributed by atoms with Crippen molar-refractivity contribution in [1.29, 1.82) is 0 Å². The Balaban J connectivity index is 2.89. The maximum absolute atomic E-state index is 8.72. The van der Waals surface area contributed by atoms with Crippen LogP contribution >= 0.6 is 11.6 Å². The number of rotatable bonds is 7. The number of alkyl halides is 1. The molecule has 0 heterocycles. The molecule has 0 aromatic rings. The summed E-state index contributed by atoms with van der Waals surface area (Å²) >= 11 is 5.53. The first-order valence-electron chi connectivity index (χ1n) is 4.48. The van der Waals surface area contributed by atoms with Crippen LogP contribution < -0.4 is 0 Å². The fourth-order valence-corrected chi connectivity index (χ4v) is 1.22. The summed E-state index contributed by atoms with van der Waals surface area (Å²) in [6.45, 7) is 2.41. The van der Waals surface area contributed by atoms with Gasteiger partial charge in [-0.1, -0.05) is 26.2 Å². The Kier molecular flexibility index (Phi) is 8.54. The highest BCUT2D eigenvalue weighted by molar-refractivity contribution is 6.17. The van der Waals surface area contributed by atoms with Crippen molar-refractivity contribution in [3.63, 3.8) is 0 Å². The van der Waals surface area contributed by atoms with Gasteiger partial charge in [-0.2, -0.15) is 0 Å². The Morgan fingerprint density at radius 1 is 1.18 bits per heavy atom. The van der Waals surface area contributed by atoms with E-state index in [9.17, 15) is 0 Å². The van der Waals surface area contributed by atoms with Gasteiger partial charge in [0, 0.05) is 12.5 Å². The zero-order valence-corrected chi connectivity index (χ0v) is 8.11. The van der Waals surface area contributed by atoms with Gasteiger partial charge in [0.2, 0.25) is 0 Å². The number of halogens is 1. The minimum atomic E-state index is 0.329. The van der Waals surface area contributed by atoms with Gasteiger partial charge in [-0.05, 0) is 18.8 Å². The highest BCUT2D eigenvalue weighted by Crippen LogP contribution is 2.09. The second-order valence-corrected chi connectivity index (χ2v) is 3.56. The Bertz CT molecular complexity index is 76.0. The van der Waals surface area contributed by atoms with E-state index in [2.05, 4.69) is 6.92 Å². The Morgan fingerprint density at radius 2 is 1.82 bits per heavy atom. The topological polar surface area (TPSA) is 20.2 Å². The molecule has 0 aliphatic carbocycles. The SMILES string of the molecule is C[C@H](CO)CCCCCCCl. The van der Waals surface area contributed by atoms with Gasteiger partial charge in [0.05, 0.1) is 0 Å². The minimum absolute atomic E-state index is 0.329. The van der Waals surface area contributed by atoms with Crippen LogP contribution in [0.15, 0.2) is 0 Å². The molecule has 0 aromatic heterocycles. The van der Waals surface area contributed by atoms with Crippen molar-refractivity contribution in [3.05, 3.63) is 0 Å². The van der Waals surface area contributed by atoms with Crippen LogP contribution in [0.3, 0.4) is 0 Å². The summed E-state index contributed by atoms with van der Waals surface area (Å²) in [7, 11) is 0. The van der Waals surface area contributed by atoms with Crippen molar-refractivity contribution in [2.75, 3.05) is 12.5 Å². The highest BCUT2D eigenvalue weighted by Gasteiger charge is 1.98. The van der Waals surface area contributed by atoms with Crippen LogP contribution in [0.1, 0.15) is 39.0 Å². The van der Waals surface area contributed by atoms with Gasteiger partial charge in [-0.3, -0.25) is 0 Å². The van der Waals surface area contributed by atoms with Crippen LogP contribution in [0, 0.1) is 5.92 Å². The number of hydrogen-bond acceptors (Lipinski definition) is 1. The van der Waals surface area contributed by atoms with E-state index >= 15 is 0 Å². The number of hydrogen-bond donors (Lipinski definition) is 1. The van der Waals surface area contributed by atoms with Gasteiger partial charge in [0.1, 0.15) is 0 Å². The Morgan fingerprint density at radius 3 is 2.36 bits per heavy atom. The third-order valence-corrected chi connectivity index (χ3v) is 2.16. The van der Waals surface area contributed by atoms with Crippen molar-refractivity contribution in [2.24, 2.45) is 5.92 Å². The fraction of sp³-hybridized carbons (Fsp3) is 1.00. The largest absolute Gasteiger partial charge is 0.396 e. The van der Waals surface area contributed by atoms with Crippen LogP contribution in [0.4, 0.5) is 0 Å². The molecule has 11 heavy (non-hydrogen) atoms. The summed E-state index contributed by atoms with van der Waals surface area (Å²) in [5, 5.41) is 8.72. The van der Waals surface area contributed by atoms with Crippen molar-refractivity contribution < 1.29 is 5.11 Å². The Hall–Kier alpha value is 0.250. The zero-order chi connectivity index (χ0) is 8.53. The third-order valence-electron chi connectivity index (χ3n) is 1.89. The zero-order valence-electron chi connectivity index (χ0n) is 7.35. The first-order chi connectivity index (χ1) is 5.31. The van der Waals surface area contributed by atoms with E-state index in [0.29, 0.717) is 12.5 Å². The molecule has 0 rings (SSSR count). The maximum Gasteiger partial charge on any atom is 0.0456 e. The molecular weight excluding hydrogens is 160 g/mol.